The standard InChI is InChI=1S/C42H44N4O.Pt/c1-8-30-22-31(9-2)42(32(10-3)23-30)41-28(6)44-46(29(41)7)33-19-27(5)20-35(24-33)47-34-15-16-37-36-13-11-12-14-38(36)45(39(37)25-34)40-21-26(4)17-18-43-40;/h11-22,30,32,42H,8-10,23H2,1-7H3;/q-2;+2/t30-,32-,42?;/m0./s1. The molecule has 0 saturated carbocycles. The molecule has 6 heteroatoms. The maximum atomic E-state index is 6.53. The summed E-state index contributed by atoms with van der Waals surface area (Å²) in [5.74, 6) is 3.86. The zero-order chi connectivity index (χ0) is 32.8. The molecule has 0 fully saturated rings. The normalized spacial score (nSPS) is 17.8. The van der Waals surface area contributed by atoms with E-state index in [2.05, 4.69) is 118 Å². The Morgan fingerprint density at radius 2 is 1.67 bits per heavy atom. The van der Waals surface area contributed by atoms with Gasteiger partial charge in [-0.2, -0.15) is 16.7 Å². The first-order valence-corrected chi connectivity index (χ1v) is 17.2. The van der Waals surface area contributed by atoms with Crippen molar-refractivity contribution in [1.29, 1.82) is 0 Å². The van der Waals surface area contributed by atoms with E-state index in [9.17, 15) is 0 Å². The van der Waals surface area contributed by atoms with E-state index in [-0.39, 0.29) is 21.1 Å². The third-order valence-corrected chi connectivity index (χ3v) is 10.2. The van der Waals surface area contributed by atoms with Gasteiger partial charge < -0.3 is 9.30 Å². The van der Waals surface area contributed by atoms with Gasteiger partial charge in [-0.1, -0.05) is 69.5 Å². The van der Waals surface area contributed by atoms with Gasteiger partial charge in [0.2, 0.25) is 0 Å². The molecule has 3 aromatic heterocycles. The molecule has 0 radical (unpaired) electrons. The number of aryl methyl sites for hydroxylation is 3. The molecule has 0 N–H and O–H groups in total. The molecule has 1 aliphatic carbocycles. The van der Waals surface area contributed by atoms with Crippen molar-refractivity contribution in [3.8, 4) is 23.0 Å². The van der Waals surface area contributed by atoms with E-state index < -0.39 is 0 Å². The van der Waals surface area contributed by atoms with Gasteiger partial charge in [-0.3, -0.25) is 4.68 Å². The molecule has 0 amide bonds. The zero-order valence-electron chi connectivity index (χ0n) is 29.0. The van der Waals surface area contributed by atoms with Crippen LogP contribution >= 0.6 is 0 Å². The number of ether oxygens (including phenoxy) is 1. The first-order valence-electron chi connectivity index (χ1n) is 17.2. The Bertz CT molecular complexity index is 2140. The van der Waals surface area contributed by atoms with E-state index in [0.29, 0.717) is 29.3 Å². The number of pyridine rings is 1. The Hall–Kier alpha value is -3.95. The quantitative estimate of drug-likeness (QED) is 0.114. The Morgan fingerprint density at radius 1 is 0.854 bits per heavy atom. The summed E-state index contributed by atoms with van der Waals surface area (Å²) in [4.78, 5) is 4.71. The molecule has 3 aromatic carbocycles. The third kappa shape index (κ3) is 6.07. The molecule has 1 aliphatic rings. The molecule has 0 bridgehead atoms. The Labute approximate surface area is 299 Å². The summed E-state index contributed by atoms with van der Waals surface area (Å²) in [7, 11) is 0. The van der Waals surface area contributed by atoms with Crippen LogP contribution in [-0.2, 0) is 21.1 Å². The van der Waals surface area contributed by atoms with Crippen LogP contribution in [-0.4, -0.2) is 19.3 Å². The Balaban J connectivity index is 0.00000401. The van der Waals surface area contributed by atoms with Crippen molar-refractivity contribution in [1.82, 2.24) is 19.3 Å². The summed E-state index contributed by atoms with van der Waals surface area (Å²) < 4.78 is 10.8. The third-order valence-electron chi connectivity index (χ3n) is 10.2. The summed E-state index contributed by atoms with van der Waals surface area (Å²) >= 11 is 0. The number of fused-ring (bicyclic) bond motifs is 3. The average Bonchev–Trinajstić information content (AvgIpc) is 3.56. The number of rotatable bonds is 8. The van der Waals surface area contributed by atoms with Gasteiger partial charge in [-0.25, -0.2) is 4.98 Å². The second kappa shape index (κ2) is 13.9. The predicted octanol–water partition coefficient (Wildman–Crippen LogP) is 10.9. The van der Waals surface area contributed by atoms with Gasteiger partial charge >= 0.3 is 21.1 Å². The minimum Gasteiger partial charge on any atom is -0.509 e. The summed E-state index contributed by atoms with van der Waals surface area (Å²) in [6.07, 6.45) is 9.14. The summed E-state index contributed by atoms with van der Waals surface area (Å²) in [6.45, 7) is 15.6. The Kier molecular flexibility index (Phi) is 9.81. The average molecular weight is 816 g/mol. The van der Waals surface area contributed by atoms with Gasteiger partial charge in [0.15, 0.2) is 0 Å². The second-order valence-corrected chi connectivity index (χ2v) is 13.3. The zero-order valence-corrected chi connectivity index (χ0v) is 31.3. The van der Waals surface area contributed by atoms with Crippen molar-refractivity contribution < 1.29 is 25.8 Å². The van der Waals surface area contributed by atoms with Crippen LogP contribution in [0.2, 0.25) is 0 Å². The number of nitrogens with zero attached hydrogens (tertiary/aromatic N) is 4. The molecule has 3 heterocycles. The molecule has 1 unspecified atom stereocenters. The molecular formula is C42H44N4OPt. The maximum Gasteiger partial charge on any atom is 2.00 e. The fraction of sp³-hybridized carbons (Fsp3) is 0.333. The number of benzene rings is 3. The molecule has 7 rings (SSSR count). The molecule has 0 saturated heterocycles. The fourth-order valence-corrected chi connectivity index (χ4v) is 7.85. The number of hydrogen-bond acceptors (Lipinski definition) is 3. The van der Waals surface area contributed by atoms with Crippen LogP contribution < -0.4 is 4.74 Å². The van der Waals surface area contributed by atoms with Crippen LogP contribution in [0, 0.1) is 51.7 Å². The van der Waals surface area contributed by atoms with E-state index in [4.69, 9.17) is 14.8 Å². The predicted molar refractivity (Wildman–Crippen MR) is 192 cm³/mol. The van der Waals surface area contributed by atoms with Crippen LogP contribution in [0.15, 0.2) is 78.5 Å². The largest absolute Gasteiger partial charge is 2.00 e. The van der Waals surface area contributed by atoms with Crippen molar-refractivity contribution in [3.63, 3.8) is 0 Å². The van der Waals surface area contributed by atoms with Crippen molar-refractivity contribution in [2.24, 2.45) is 11.8 Å². The van der Waals surface area contributed by atoms with Gasteiger partial charge in [0.1, 0.15) is 5.82 Å². The van der Waals surface area contributed by atoms with Gasteiger partial charge in [0.05, 0.1) is 5.69 Å². The first kappa shape index (κ1) is 33.9. The number of aromatic nitrogens is 4. The van der Waals surface area contributed by atoms with Crippen LogP contribution in [0.5, 0.6) is 11.5 Å². The molecule has 48 heavy (non-hydrogen) atoms. The van der Waals surface area contributed by atoms with Gasteiger partial charge in [0.25, 0.3) is 0 Å². The van der Waals surface area contributed by atoms with Crippen molar-refractivity contribution in [3.05, 3.63) is 119 Å². The number of hydrogen-bond donors (Lipinski definition) is 0. The van der Waals surface area contributed by atoms with Gasteiger partial charge in [-0.15, -0.1) is 35.7 Å². The van der Waals surface area contributed by atoms with E-state index in [1.54, 1.807) is 5.57 Å². The van der Waals surface area contributed by atoms with Crippen LogP contribution in [0.1, 0.15) is 80.5 Å². The van der Waals surface area contributed by atoms with Crippen molar-refractivity contribution in [2.75, 3.05) is 0 Å². The van der Waals surface area contributed by atoms with Crippen molar-refractivity contribution in [2.45, 2.75) is 80.1 Å². The van der Waals surface area contributed by atoms with E-state index in [1.807, 2.05) is 24.4 Å². The molecule has 248 valence electrons. The van der Waals surface area contributed by atoms with Crippen LogP contribution in [0.3, 0.4) is 0 Å². The van der Waals surface area contributed by atoms with E-state index in [1.165, 1.54) is 30.5 Å². The number of allylic oxidation sites excluding steroid dienone is 2. The molecule has 6 aromatic rings. The molecule has 0 spiro atoms. The smallest absolute Gasteiger partial charge is 0.509 e. The summed E-state index contributed by atoms with van der Waals surface area (Å²) in [5.41, 5.74) is 10.4. The fourth-order valence-electron chi connectivity index (χ4n) is 7.85. The van der Waals surface area contributed by atoms with Crippen molar-refractivity contribution >= 4 is 21.8 Å². The second-order valence-electron chi connectivity index (χ2n) is 13.3. The summed E-state index contributed by atoms with van der Waals surface area (Å²) in [6, 6.07) is 28.0. The molecule has 5 nitrogen and oxygen atoms in total. The first-order chi connectivity index (χ1) is 22.8. The number of para-hydroxylation sites is 1. The minimum absolute atomic E-state index is 0. The monoisotopic (exact) mass is 815 g/mol. The maximum absolute atomic E-state index is 6.53. The van der Waals surface area contributed by atoms with Crippen LogP contribution in [0.25, 0.3) is 33.3 Å². The van der Waals surface area contributed by atoms with Crippen LogP contribution in [0.4, 0.5) is 0 Å². The van der Waals surface area contributed by atoms with E-state index in [0.717, 1.165) is 56.6 Å². The van der Waals surface area contributed by atoms with Gasteiger partial charge in [0, 0.05) is 40.4 Å². The SMILES string of the molecule is CCC1=C[C@H](CC)C[C@H](CC)C1c1c(C)nn(-c2[c-]c(Oc3[c-]c4c(cc3)c3ccccc3n4-c3cc(C)ccn3)cc(C)c2)c1C.[Pt+2]. The molecule has 0 aliphatic heterocycles. The topological polar surface area (TPSA) is 44.9 Å². The summed E-state index contributed by atoms with van der Waals surface area (Å²) in [5, 5.41) is 7.39. The minimum atomic E-state index is 0. The van der Waals surface area contributed by atoms with Gasteiger partial charge in [-0.05, 0) is 86.7 Å². The molecule has 3 atom stereocenters. The molecular weight excluding hydrogens is 772 g/mol. The van der Waals surface area contributed by atoms with E-state index >= 15 is 0 Å². The Morgan fingerprint density at radius 3 is 2.42 bits per heavy atom.